The van der Waals surface area contributed by atoms with Gasteiger partial charge in [0.25, 0.3) is 0 Å². The van der Waals surface area contributed by atoms with Crippen molar-refractivity contribution in [1.82, 2.24) is 9.97 Å². The minimum absolute atomic E-state index is 0.0144. The van der Waals surface area contributed by atoms with Crippen LogP contribution in [-0.2, 0) is 19.3 Å². The van der Waals surface area contributed by atoms with Crippen LogP contribution in [0.25, 0.3) is 11.4 Å². The highest BCUT2D eigenvalue weighted by Gasteiger charge is 2.58. The second kappa shape index (κ2) is 8.07. The Morgan fingerprint density at radius 2 is 1.73 bits per heavy atom. The monoisotopic (exact) mass is 468 g/mol. The second-order valence-corrected chi connectivity index (χ2v) is 10.8. The molecule has 0 unspecified atom stereocenters. The lowest BCUT2D eigenvalue weighted by Crippen LogP contribution is -2.37. The summed E-state index contributed by atoms with van der Waals surface area (Å²) in [5.41, 5.74) is 8.16. The van der Waals surface area contributed by atoms with Gasteiger partial charge in [-0.25, -0.2) is 22.8 Å². The van der Waals surface area contributed by atoms with Gasteiger partial charge < -0.3 is 15.4 Å². The molecule has 172 valence electrons. The lowest BCUT2D eigenvalue weighted by molar-refractivity contribution is 0.122. The number of halogens is 1. The lowest BCUT2D eigenvalue weighted by Gasteiger charge is -2.29. The van der Waals surface area contributed by atoms with Crippen LogP contribution in [-0.4, -0.2) is 44.7 Å². The summed E-state index contributed by atoms with van der Waals surface area (Å²) in [6.07, 6.45) is 0.845. The molecule has 2 N–H and O–H groups in total. The molecule has 1 aliphatic heterocycles. The number of sulfone groups is 1. The van der Waals surface area contributed by atoms with E-state index in [2.05, 4.69) is 4.90 Å². The molecule has 9 heteroatoms. The zero-order chi connectivity index (χ0) is 23.2. The molecule has 0 bridgehead atoms. The molecule has 0 amide bonds. The van der Waals surface area contributed by atoms with Gasteiger partial charge in [0, 0.05) is 30.4 Å². The number of nitrogens with zero attached hydrogens (tertiary/aromatic N) is 3. The van der Waals surface area contributed by atoms with Crippen LogP contribution in [0.1, 0.15) is 24.1 Å². The van der Waals surface area contributed by atoms with Gasteiger partial charge in [-0.1, -0.05) is 6.07 Å². The van der Waals surface area contributed by atoms with E-state index in [0.717, 1.165) is 11.6 Å². The Morgan fingerprint density at radius 1 is 1.03 bits per heavy atom. The maximum atomic E-state index is 14.0. The summed E-state index contributed by atoms with van der Waals surface area (Å²) in [5.74, 6) is 0.522. The van der Waals surface area contributed by atoms with Crippen LogP contribution in [0.15, 0.2) is 53.4 Å². The molecule has 1 saturated carbocycles. The van der Waals surface area contributed by atoms with Gasteiger partial charge in [0.15, 0.2) is 15.7 Å². The maximum Gasteiger partial charge on any atom is 0.190 e. The summed E-state index contributed by atoms with van der Waals surface area (Å²) in [6, 6.07) is 12.8. The summed E-state index contributed by atoms with van der Waals surface area (Å²) in [5, 5.41) is 0. The fourth-order valence-corrected chi connectivity index (χ4v) is 6.43. The highest BCUT2D eigenvalue weighted by molar-refractivity contribution is 7.92. The van der Waals surface area contributed by atoms with Crippen molar-refractivity contribution in [1.29, 1.82) is 0 Å². The number of anilines is 2. The Balaban J connectivity index is 1.65. The van der Waals surface area contributed by atoms with Gasteiger partial charge in [-0.3, -0.25) is 0 Å². The van der Waals surface area contributed by atoms with E-state index < -0.39 is 20.4 Å². The van der Waals surface area contributed by atoms with Crippen LogP contribution in [0.5, 0.6) is 0 Å². The van der Waals surface area contributed by atoms with Gasteiger partial charge in [0.2, 0.25) is 0 Å². The van der Waals surface area contributed by atoms with Crippen molar-refractivity contribution >= 4 is 21.3 Å². The van der Waals surface area contributed by atoms with Crippen LogP contribution in [0, 0.1) is 12.7 Å². The van der Waals surface area contributed by atoms with E-state index in [1.807, 2.05) is 12.1 Å². The molecule has 2 aliphatic rings. The first-order valence-electron chi connectivity index (χ1n) is 10.9. The van der Waals surface area contributed by atoms with Crippen molar-refractivity contribution < 1.29 is 17.5 Å². The number of benzene rings is 2. The Hall–Kier alpha value is -3.04. The van der Waals surface area contributed by atoms with Crippen LogP contribution < -0.4 is 10.6 Å². The Labute approximate surface area is 192 Å². The quantitative estimate of drug-likeness (QED) is 0.573. The molecule has 5 rings (SSSR count). The van der Waals surface area contributed by atoms with Gasteiger partial charge in [0.1, 0.15) is 16.4 Å². The molecule has 3 aromatic rings. The lowest BCUT2D eigenvalue weighted by atomic mass is 10.1. The van der Waals surface area contributed by atoms with E-state index in [4.69, 9.17) is 20.4 Å². The number of nitrogens with two attached hydrogens (primary N) is 1. The van der Waals surface area contributed by atoms with Crippen molar-refractivity contribution in [2.75, 3.05) is 36.9 Å². The SMILES string of the molecule is Cc1ccc(F)cc1S(=O)(=O)C1(c2cc(N3CCOCC3)nc(-c3ccc(N)cc3)n2)CC1. The van der Waals surface area contributed by atoms with Gasteiger partial charge in [-0.2, -0.15) is 0 Å². The van der Waals surface area contributed by atoms with Crippen molar-refractivity contribution in [2.24, 2.45) is 0 Å². The Kier molecular flexibility index (Phi) is 5.33. The van der Waals surface area contributed by atoms with Crippen molar-refractivity contribution in [3.63, 3.8) is 0 Å². The number of morpholine rings is 1. The summed E-state index contributed by atoms with van der Waals surface area (Å²) in [4.78, 5) is 11.6. The zero-order valence-electron chi connectivity index (χ0n) is 18.3. The fraction of sp³-hybridized carbons (Fsp3) is 0.333. The molecular formula is C24H25FN4O3S. The summed E-state index contributed by atoms with van der Waals surface area (Å²) in [6.45, 7) is 4.13. The number of hydrogen-bond donors (Lipinski definition) is 1. The first kappa shape index (κ1) is 21.8. The minimum atomic E-state index is -3.88. The highest BCUT2D eigenvalue weighted by Crippen LogP contribution is 2.55. The molecule has 7 nitrogen and oxygen atoms in total. The standard InChI is InChI=1S/C24H25FN4O3S/c1-16-2-5-18(25)14-20(16)33(30,31)24(8-9-24)21-15-22(29-10-12-32-13-11-29)28-23(27-21)17-3-6-19(26)7-4-17/h2-7,14-15H,8-13,26H2,1H3. The number of ether oxygens (including phenoxy) is 1. The molecule has 1 saturated heterocycles. The number of rotatable bonds is 5. The summed E-state index contributed by atoms with van der Waals surface area (Å²) in [7, 11) is -3.88. The number of aryl methyl sites for hydroxylation is 1. The maximum absolute atomic E-state index is 14.0. The predicted molar refractivity (Wildman–Crippen MR) is 124 cm³/mol. The predicted octanol–water partition coefficient (Wildman–Crippen LogP) is 3.47. The molecule has 1 aromatic heterocycles. The molecule has 0 spiro atoms. The van der Waals surface area contributed by atoms with Gasteiger partial charge >= 0.3 is 0 Å². The minimum Gasteiger partial charge on any atom is -0.399 e. The third kappa shape index (κ3) is 3.85. The number of aromatic nitrogens is 2. The highest BCUT2D eigenvalue weighted by atomic mass is 32.2. The van der Waals surface area contributed by atoms with Crippen molar-refractivity contribution in [3.8, 4) is 11.4 Å². The van der Waals surface area contributed by atoms with E-state index in [-0.39, 0.29) is 4.90 Å². The average molecular weight is 469 g/mol. The molecule has 2 aromatic carbocycles. The number of hydrogen-bond acceptors (Lipinski definition) is 7. The van der Waals surface area contributed by atoms with E-state index in [0.29, 0.717) is 67.7 Å². The van der Waals surface area contributed by atoms with E-state index in [1.54, 1.807) is 25.1 Å². The number of nitrogen functional groups attached to an aromatic ring is 1. The normalized spacial score (nSPS) is 17.7. The van der Waals surface area contributed by atoms with Gasteiger partial charge in [-0.15, -0.1) is 0 Å². The Bertz CT molecular complexity index is 1300. The van der Waals surface area contributed by atoms with Crippen LogP contribution in [0.3, 0.4) is 0 Å². The zero-order valence-corrected chi connectivity index (χ0v) is 19.1. The largest absolute Gasteiger partial charge is 0.399 e. The first-order valence-corrected chi connectivity index (χ1v) is 12.4. The average Bonchev–Trinajstić information content (AvgIpc) is 3.64. The van der Waals surface area contributed by atoms with Crippen LogP contribution in [0.4, 0.5) is 15.9 Å². The second-order valence-electron chi connectivity index (χ2n) is 8.56. The molecule has 1 aliphatic carbocycles. The van der Waals surface area contributed by atoms with E-state index in [9.17, 15) is 12.8 Å². The molecular weight excluding hydrogens is 443 g/mol. The van der Waals surface area contributed by atoms with Gasteiger partial charge in [0.05, 0.1) is 23.8 Å². The molecule has 2 fully saturated rings. The van der Waals surface area contributed by atoms with Gasteiger partial charge in [-0.05, 0) is 61.7 Å². The third-order valence-corrected chi connectivity index (χ3v) is 9.01. The molecule has 33 heavy (non-hydrogen) atoms. The van der Waals surface area contributed by atoms with E-state index in [1.165, 1.54) is 12.1 Å². The third-order valence-electron chi connectivity index (χ3n) is 6.34. The Morgan fingerprint density at radius 3 is 2.39 bits per heavy atom. The van der Waals surface area contributed by atoms with E-state index >= 15 is 0 Å². The first-order chi connectivity index (χ1) is 15.8. The topological polar surface area (TPSA) is 98.4 Å². The molecule has 2 heterocycles. The summed E-state index contributed by atoms with van der Waals surface area (Å²) >= 11 is 0. The summed E-state index contributed by atoms with van der Waals surface area (Å²) < 4.78 is 45.8. The van der Waals surface area contributed by atoms with Crippen LogP contribution >= 0.6 is 0 Å². The molecule has 0 radical (unpaired) electrons. The smallest absolute Gasteiger partial charge is 0.190 e. The molecule has 0 atom stereocenters. The van der Waals surface area contributed by atoms with Crippen LogP contribution in [0.2, 0.25) is 0 Å². The van der Waals surface area contributed by atoms with Crippen molar-refractivity contribution in [3.05, 3.63) is 65.6 Å². The fourth-order valence-electron chi connectivity index (χ4n) is 4.23. The van der Waals surface area contributed by atoms with Crippen molar-refractivity contribution in [2.45, 2.75) is 29.4 Å².